The molecule has 0 spiro atoms. The molecule has 1 rings (SSSR count). The fraction of sp³-hybridized carbons (Fsp3) is 0.538. The van der Waals surface area contributed by atoms with Gasteiger partial charge in [0.2, 0.25) is 0 Å². The van der Waals surface area contributed by atoms with Crippen LogP contribution in [-0.2, 0) is 0 Å². The number of hydrogen-bond acceptors (Lipinski definition) is 2. The summed E-state index contributed by atoms with van der Waals surface area (Å²) in [5.41, 5.74) is 0. The molecule has 1 atom stereocenters. The van der Waals surface area contributed by atoms with Gasteiger partial charge in [-0.25, -0.2) is 0 Å². The Morgan fingerprint density at radius 3 is 2.38 bits per heavy atom. The minimum atomic E-state index is -0.391. The molecule has 2 nitrogen and oxygen atoms in total. The van der Waals surface area contributed by atoms with Crippen LogP contribution in [0.15, 0.2) is 24.3 Å². The van der Waals surface area contributed by atoms with E-state index in [0.29, 0.717) is 17.5 Å². The van der Waals surface area contributed by atoms with Crippen molar-refractivity contribution in [3.05, 3.63) is 29.3 Å². The van der Waals surface area contributed by atoms with Gasteiger partial charge in [0.05, 0.1) is 6.10 Å². The number of aliphatic hydroxyl groups is 1. The van der Waals surface area contributed by atoms with Crippen LogP contribution in [-0.4, -0.2) is 17.8 Å². The smallest absolute Gasteiger partial charge is 0.119 e. The molecule has 90 valence electrons. The molecule has 0 bridgehead atoms. The van der Waals surface area contributed by atoms with E-state index in [2.05, 4.69) is 13.8 Å². The molecule has 0 radical (unpaired) electrons. The first-order valence-electron chi connectivity index (χ1n) is 5.64. The molecule has 0 aliphatic carbocycles. The van der Waals surface area contributed by atoms with Gasteiger partial charge < -0.3 is 9.84 Å². The van der Waals surface area contributed by atoms with Gasteiger partial charge in [-0.3, -0.25) is 0 Å². The van der Waals surface area contributed by atoms with Crippen molar-refractivity contribution in [1.29, 1.82) is 0 Å². The minimum Gasteiger partial charge on any atom is -0.491 e. The van der Waals surface area contributed by atoms with Crippen LogP contribution < -0.4 is 4.74 Å². The predicted octanol–water partition coefficient (Wildman–Crippen LogP) is 3.52. The van der Waals surface area contributed by atoms with Gasteiger partial charge in [0.1, 0.15) is 12.4 Å². The topological polar surface area (TPSA) is 29.5 Å². The summed E-state index contributed by atoms with van der Waals surface area (Å²) < 4.78 is 5.45. The zero-order chi connectivity index (χ0) is 12.0. The van der Waals surface area contributed by atoms with E-state index >= 15 is 0 Å². The van der Waals surface area contributed by atoms with Gasteiger partial charge >= 0.3 is 0 Å². The molecule has 1 aromatic carbocycles. The van der Waals surface area contributed by atoms with Crippen molar-refractivity contribution in [3.8, 4) is 5.75 Å². The predicted molar refractivity (Wildman–Crippen MR) is 67.0 cm³/mol. The van der Waals surface area contributed by atoms with Gasteiger partial charge in [-0.15, -0.1) is 0 Å². The van der Waals surface area contributed by atoms with Gasteiger partial charge in [-0.2, -0.15) is 0 Å². The summed E-state index contributed by atoms with van der Waals surface area (Å²) in [6, 6.07) is 7.16. The second kappa shape index (κ2) is 6.77. The molecule has 3 heteroatoms. The summed E-state index contributed by atoms with van der Waals surface area (Å²) in [7, 11) is 0. The lowest BCUT2D eigenvalue weighted by molar-refractivity contribution is 0.0950. The van der Waals surface area contributed by atoms with Crippen LogP contribution in [0.5, 0.6) is 5.75 Å². The van der Waals surface area contributed by atoms with Crippen LogP contribution in [0, 0.1) is 5.92 Å². The highest BCUT2D eigenvalue weighted by Gasteiger charge is 2.06. The molecule has 0 aliphatic heterocycles. The Kier molecular flexibility index (Phi) is 5.64. The maximum Gasteiger partial charge on any atom is 0.119 e. The first-order valence-corrected chi connectivity index (χ1v) is 6.02. The largest absolute Gasteiger partial charge is 0.491 e. The van der Waals surface area contributed by atoms with E-state index in [9.17, 15) is 5.11 Å². The number of ether oxygens (including phenoxy) is 1. The van der Waals surface area contributed by atoms with E-state index in [-0.39, 0.29) is 0 Å². The fourth-order valence-corrected chi connectivity index (χ4v) is 1.46. The van der Waals surface area contributed by atoms with Crippen molar-refractivity contribution < 1.29 is 9.84 Å². The summed E-state index contributed by atoms with van der Waals surface area (Å²) in [5, 5.41) is 10.4. The molecule has 1 aromatic rings. The molecule has 0 aromatic heterocycles. The molecule has 0 amide bonds. The minimum absolute atomic E-state index is 0.342. The molecule has 0 saturated carbocycles. The highest BCUT2D eigenvalue weighted by atomic mass is 35.5. The summed E-state index contributed by atoms with van der Waals surface area (Å²) in [6.07, 6.45) is 1.41. The number of rotatable bonds is 6. The van der Waals surface area contributed by atoms with Crippen LogP contribution in [0.2, 0.25) is 5.02 Å². The normalized spacial score (nSPS) is 12.8. The zero-order valence-corrected chi connectivity index (χ0v) is 10.6. The summed E-state index contributed by atoms with van der Waals surface area (Å²) >= 11 is 5.75. The van der Waals surface area contributed by atoms with Gasteiger partial charge in [0, 0.05) is 5.02 Å². The van der Waals surface area contributed by atoms with E-state index in [1.807, 2.05) is 0 Å². The molecule has 0 fully saturated rings. The zero-order valence-electron chi connectivity index (χ0n) is 9.82. The Bertz CT molecular complexity index is 295. The van der Waals surface area contributed by atoms with Crippen LogP contribution >= 0.6 is 11.6 Å². The van der Waals surface area contributed by atoms with Crippen molar-refractivity contribution in [3.63, 3.8) is 0 Å². The first kappa shape index (κ1) is 13.3. The Morgan fingerprint density at radius 1 is 1.19 bits per heavy atom. The standard InChI is InChI=1S/C13H19ClO2/c1-10(2)3-6-12(15)9-16-13-7-4-11(14)5-8-13/h4-5,7-8,10,12,15H,3,6,9H2,1-2H3. The Morgan fingerprint density at radius 2 is 1.81 bits per heavy atom. The van der Waals surface area contributed by atoms with Crippen molar-refractivity contribution in [2.24, 2.45) is 5.92 Å². The maximum atomic E-state index is 9.66. The lowest BCUT2D eigenvalue weighted by Gasteiger charge is -2.13. The van der Waals surface area contributed by atoms with Crippen LogP contribution in [0.25, 0.3) is 0 Å². The van der Waals surface area contributed by atoms with E-state index in [0.717, 1.165) is 18.6 Å². The maximum absolute atomic E-state index is 9.66. The SMILES string of the molecule is CC(C)CCC(O)COc1ccc(Cl)cc1. The Hall–Kier alpha value is -0.730. The monoisotopic (exact) mass is 242 g/mol. The number of halogens is 1. The van der Waals surface area contributed by atoms with Gasteiger partial charge in [0.25, 0.3) is 0 Å². The van der Waals surface area contributed by atoms with Crippen LogP contribution in [0.1, 0.15) is 26.7 Å². The fourth-order valence-electron chi connectivity index (χ4n) is 1.33. The summed E-state index contributed by atoms with van der Waals surface area (Å²) in [5.74, 6) is 1.36. The first-order chi connectivity index (χ1) is 7.58. The van der Waals surface area contributed by atoms with Crippen molar-refractivity contribution in [2.75, 3.05) is 6.61 Å². The van der Waals surface area contributed by atoms with E-state index < -0.39 is 6.10 Å². The van der Waals surface area contributed by atoms with E-state index in [1.165, 1.54) is 0 Å². The Labute approximate surface area is 102 Å². The summed E-state index contributed by atoms with van der Waals surface area (Å²) in [6.45, 7) is 4.63. The third-order valence-corrected chi connectivity index (χ3v) is 2.59. The number of hydrogen-bond donors (Lipinski definition) is 1. The highest BCUT2D eigenvalue weighted by molar-refractivity contribution is 6.30. The van der Waals surface area contributed by atoms with E-state index in [1.54, 1.807) is 24.3 Å². The molecular weight excluding hydrogens is 224 g/mol. The molecule has 16 heavy (non-hydrogen) atoms. The molecular formula is C13H19ClO2. The molecule has 1 N–H and O–H groups in total. The lowest BCUT2D eigenvalue weighted by Crippen LogP contribution is -2.18. The average Bonchev–Trinajstić information content (AvgIpc) is 2.25. The van der Waals surface area contributed by atoms with Crippen molar-refractivity contribution in [1.82, 2.24) is 0 Å². The van der Waals surface area contributed by atoms with Gasteiger partial charge in [-0.05, 0) is 43.0 Å². The van der Waals surface area contributed by atoms with Crippen molar-refractivity contribution in [2.45, 2.75) is 32.8 Å². The van der Waals surface area contributed by atoms with Crippen LogP contribution in [0.3, 0.4) is 0 Å². The Balaban J connectivity index is 2.26. The van der Waals surface area contributed by atoms with Crippen LogP contribution in [0.4, 0.5) is 0 Å². The number of benzene rings is 1. The third-order valence-electron chi connectivity index (χ3n) is 2.33. The molecule has 0 aliphatic rings. The molecule has 0 heterocycles. The van der Waals surface area contributed by atoms with Gasteiger partial charge in [-0.1, -0.05) is 25.4 Å². The quantitative estimate of drug-likeness (QED) is 0.827. The lowest BCUT2D eigenvalue weighted by atomic mass is 10.1. The molecule has 1 unspecified atom stereocenters. The molecule has 0 saturated heterocycles. The summed E-state index contributed by atoms with van der Waals surface area (Å²) in [4.78, 5) is 0. The average molecular weight is 243 g/mol. The highest BCUT2D eigenvalue weighted by Crippen LogP contribution is 2.16. The number of aliphatic hydroxyl groups excluding tert-OH is 1. The second-order valence-electron chi connectivity index (χ2n) is 4.39. The van der Waals surface area contributed by atoms with Crippen molar-refractivity contribution >= 4 is 11.6 Å². The second-order valence-corrected chi connectivity index (χ2v) is 4.83. The van der Waals surface area contributed by atoms with E-state index in [4.69, 9.17) is 16.3 Å². The third kappa shape index (κ3) is 5.38. The van der Waals surface area contributed by atoms with Gasteiger partial charge in [0.15, 0.2) is 0 Å².